The first-order valence-electron chi connectivity index (χ1n) is 12.5. The molecule has 0 spiro atoms. The molecule has 4 rings (SSSR count). The summed E-state index contributed by atoms with van der Waals surface area (Å²) in [5.41, 5.74) is -0.319. The monoisotopic (exact) mass is 636 g/mol. The fraction of sp³-hybridized carbons (Fsp3) is 0.308. The third-order valence-corrected chi connectivity index (χ3v) is 6.06. The Hall–Kier alpha value is -4.98. The smallest absolute Gasteiger partial charge is 0.347 e. The van der Waals surface area contributed by atoms with Crippen LogP contribution >= 0.6 is 11.6 Å². The maximum Gasteiger partial charge on any atom is 0.461 e. The van der Waals surface area contributed by atoms with Crippen LogP contribution in [0.4, 0.5) is 27.6 Å². The quantitative estimate of drug-likeness (QED) is 0.280. The summed E-state index contributed by atoms with van der Waals surface area (Å²) in [7, 11) is 0. The van der Waals surface area contributed by atoms with Crippen molar-refractivity contribution >= 4 is 29.1 Å². The molecule has 0 saturated heterocycles. The number of carbonyl (C=O) groups excluding carboxylic acids is 2. The first-order valence-corrected chi connectivity index (χ1v) is 12.9. The summed E-state index contributed by atoms with van der Waals surface area (Å²) < 4.78 is 66.6. The average Bonchev–Trinajstić information content (AvgIpc) is 3.56. The van der Waals surface area contributed by atoms with Crippen molar-refractivity contribution in [3.8, 4) is 11.9 Å². The van der Waals surface area contributed by atoms with E-state index in [4.69, 9.17) is 11.6 Å². The van der Waals surface area contributed by atoms with Crippen LogP contribution in [0.2, 0.25) is 5.02 Å². The molecule has 4 aromatic rings. The van der Waals surface area contributed by atoms with Crippen LogP contribution in [-0.4, -0.2) is 58.5 Å². The van der Waals surface area contributed by atoms with Crippen molar-refractivity contribution in [2.45, 2.75) is 51.9 Å². The van der Waals surface area contributed by atoms with E-state index in [9.17, 15) is 36.8 Å². The zero-order valence-corrected chi connectivity index (χ0v) is 24.1. The Labute approximate surface area is 250 Å². The molecule has 0 bridgehead atoms. The molecule has 0 aliphatic heterocycles. The number of halogens is 6. The highest BCUT2D eigenvalue weighted by Crippen LogP contribution is 2.41. The van der Waals surface area contributed by atoms with E-state index >= 15 is 0 Å². The van der Waals surface area contributed by atoms with Gasteiger partial charge in [0.25, 0.3) is 17.6 Å². The molecular formula is C26H22ClF5N10O2. The van der Waals surface area contributed by atoms with E-state index in [1.165, 1.54) is 36.5 Å². The van der Waals surface area contributed by atoms with Crippen LogP contribution in [0.25, 0.3) is 5.82 Å². The van der Waals surface area contributed by atoms with Gasteiger partial charge in [0.1, 0.15) is 12.2 Å². The molecule has 18 heteroatoms. The molecule has 3 heterocycles. The molecule has 44 heavy (non-hydrogen) atoms. The zero-order valence-electron chi connectivity index (χ0n) is 23.3. The Morgan fingerprint density at radius 3 is 2.39 bits per heavy atom. The zero-order chi connectivity index (χ0) is 32.6. The fourth-order valence-electron chi connectivity index (χ4n) is 3.85. The standard InChI is InChI=1S/C26H22ClF5N10O2/c1-13-8-14(11-33)9-16(21(43)36-24(2,3)4)19(13)35-22(44)18-10-15(38-42(18)20-17(27)6-5-7-34-20)12-41-39-23(37-40-41)25(28,29)26(30,31)32/h5-10H,12H2,1-4H3,(H,35,44)(H,36,43). The Balaban J connectivity index is 1.75. The number of nitrogens with one attached hydrogen (secondary N) is 2. The first-order chi connectivity index (χ1) is 20.4. The van der Waals surface area contributed by atoms with Crippen LogP contribution in [-0.2, 0) is 12.5 Å². The first kappa shape index (κ1) is 31.9. The number of anilines is 1. The maximum absolute atomic E-state index is 13.7. The highest BCUT2D eigenvalue weighted by molar-refractivity contribution is 6.32. The number of rotatable bonds is 7. The second kappa shape index (κ2) is 11.6. The van der Waals surface area contributed by atoms with Crippen molar-refractivity contribution in [3.63, 3.8) is 0 Å². The third-order valence-electron chi connectivity index (χ3n) is 5.76. The Kier molecular flexibility index (Phi) is 8.42. The molecule has 230 valence electrons. The molecule has 12 nitrogen and oxygen atoms in total. The summed E-state index contributed by atoms with van der Waals surface area (Å²) in [4.78, 5) is 31.4. The maximum atomic E-state index is 13.7. The number of carbonyl (C=O) groups is 2. The number of pyridine rings is 1. The molecule has 0 saturated carbocycles. The van der Waals surface area contributed by atoms with Crippen LogP contribution in [0.3, 0.4) is 0 Å². The van der Waals surface area contributed by atoms with Gasteiger partial charge in [-0.25, -0.2) is 9.67 Å². The van der Waals surface area contributed by atoms with Gasteiger partial charge in [0.2, 0.25) is 0 Å². The lowest BCUT2D eigenvalue weighted by molar-refractivity contribution is -0.292. The third kappa shape index (κ3) is 6.64. The van der Waals surface area contributed by atoms with Crippen LogP contribution in [0, 0.1) is 18.3 Å². The van der Waals surface area contributed by atoms with Crippen LogP contribution in [0.15, 0.2) is 36.5 Å². The number of tetrazole rings is 1. The van der Waals surface area contributed by atoms with E-state index in [0.29, 0.717) is 10.4 Å². The number of benzene rings is 1. The molecular weight excluding hydrogens is 615 g/mol. The van der Waals surface area contributed by atoms with Gasteiger partial charge in [-0.2, -0.15) is 37.1 Å². The number of amides is 2. The second-order valence-electron chi connectivity index (χ2n) is 10.4. The minimum absolute atomic E-state index is 0.00285. The van der Waals surface area contributed by atoms with E-state index in [1.807, 2.05) is 6.07 Å². The molecule has 0 aliphatic carbocycles. The van der Waals surface area contributed by atoms with Gasteiger partial charge in [-0.1, -0.05) is 11.6 Å². The predicted octanol–water partition coefficient (Wildman–Crippen LogP) is 4.57. The van der Waals surface area contributed by atoms with Crippen LogP contribution in [0.1, 0.15) is 64.3 Å². The summed E-state index contributed by atoms with van der Waals surface area (Å²) in [5.74, 6) is -8.65. The molecule has 3 aromatic heterocycles. The number of alkyl halides is 5. The van der Waals surface area contributed by atoms with Gasteiger partial charge in [0.05, 0.1) is 33.6 Å². The number of hydrogen-bond acceptors (Lipinski definition) is 8. The number of nitriles is 1. The topological polar surface area (TPSA) is 156 Å². The lowest BCUT2D eigenvalue weighted by Crippen LogP contribution is -2.41. The highest BCUT2D eigenvalue weighted by Gasteiger charge is 2.62. The number of aryl methyl sites for hydroxylation is 1. The van der Waals surface area contributed by atoms with Gasteiger partial charge < -0.3 is 10.6 Å². The van der Waals surface area contributed by atoms with Crippen molar-refractivity contribution in [3.05, 3.63) is 75.5 Å². The largest absolute Gasteiger partial charge is 0.461 e. The van der Waals surface area contributed by atoms with Gasteiger partial charge in [0, 0.05) is 11.7 Å². The normalized spacial score (nSPS) is 12.1. The van der Waals surface area contributed by atoms with Gasteiger partial charge in [0.15, 0.2) is 5.82 Å². The van der Waals surface area contributed by atoms with Gasteiger partial charge in [-0.3, -0.25) is 9.59 Å². The lowest BCUT2D eigenvalue weighted by Gasteiger charge is -2.22. The van der Waals surface area contributed by atoms with Gasteiger partial charge in [-0.15, -0.1) is 10.2 Å². The van der Waals surface area contributed by atoms with E-state index < -0.39 is 41.8 Å². The number of aromatic nitrogens is 7. The Morgan fingerprint density at radius 1 is 1.07 bits per heavy atom. The average molecular weight is 637 g/mol. The molecule has 0 unspecified atom stereocenters. The van der Waals surface area contributed by atoms with E-state index in [1.54, 1.807) is 27.7 Å². The molecule has 2 amide bonds. The summed E-state index contributed by atoms with van der Waals surface area (Å²) in [5, 5.41) is 28.3. The Morgan fingerprint density at radius 2 is 1.77 bits per heavy atom. The SMILES string of the molecule is Cc1cc(C#N)cc(C(=O)NC(C)(C)C)c1NC(=O)c1cc(Cn2nnc(C(F)(F)C(F)(F)F)n2)nn1-c1ncccc1Cl. The van der Waals surface area contributed by atoms with Crippen LogP contribution < -0.4 is 10.6 Å². The molecule has 0 aliphatic rings. The molecule has 0 radical (unpaired) electrons. The minimum atomic E-state index is -5.95. The van der Waals surface area contributed by atoms with Gasteiger partial charge in [-0.05, 0) is 68.8 Å². The lowest BCUT2D eigenvalue weighted by atomic mass is 10.0. The second-order valence-corrected chi connectivity index (χ2v) is 10.9. The van der Waals surface area contributed by atoms with Crippen LogP contribution in [0.5, 0.6) is 0 Å². The number of nitrogens with zero attached hydrogens (tertiary/aromatic N) is 8. The van der Waals surface area contributed by atoms with Gasteiger partial charge >= 0.3 is 12.1 Å². The van der Waals surface area contributed by atoms with E-state index in [0.717, 1.165) is 4.68 Å². The van der Waals surface area contributed by atoms with Crippen molar-refractivity contribution in [2.75, 3.05) is 5.32 Å². The van der Waals surface area contributed by atoms with Crippen molar-refractivity contribution < 1.29 is 31.5 Å². The van der Waals surface area contributed by atoms with Crippen molar-refractivity contribution in [2.24, 2.45) is 0 Å². The van der Waals surface area contributed by atoms with E-state index in [2.05, 4.69) is 36.1 Å². The fourth-order valence-corrected chi connectivity index (χ4v) is 4.06. The number of hydrogen-bond donors (Lipinski definition) is 2. The van der Waals surface area contributed by atoms with Crippen molar-refractivity contribution in [1.29, 1.82) is 5.26 Å². The molecule has 2 N–H and O–H groups in total. The predicted molar refractivity (Wildman–Crippen MR) is 144 cm³/mol. The molecule has 0 atom stereocenters. The minimum Gasteiger partial charge on any atom is -0.347 e. The molecule has 0 fully saturated rings. The van der Waals surface area contributed by atoms with E-state index in [-0.39, 0.29) is 39.0 Å². The molecule has 1 aromatic carbocycles. The summed E-state index contributed by atoms with van der Waals surface area (Å²) in [6.07, 6.45) is -4.59. The summed E-state index contributed by atoms with van der Waals surface area (Å²) in [6, 6.07) is 8.89. The van der Waals surface area contributed by atoms with Crippen molar-refractivity contribution in [1.82, 2.24) is 40.3 Å². The summed E-state index contributed by atoms with van der Waals surface area (Å²) in [6.45, 7) is 6.25. The summed E-state index contributed by atoms with van der Waals surface area (Å²) >= 11 is 6.28. The highest BCUT2D eigenvalue weighted by atomic mass is 35.5. The Bertz CT molecular complexity index is 1790.